The van der Waals surface area contributed by atoms with Crippen molar-refractivity contribution in [1.29, 1.82) is 0 Å². The third-order valence-electron chi connectivity index (χ3n) is 20.3. The molecule has 2 aromatic heterocycles. The molecule has 5 heterocycles. The fraction of sp³-hybridized carbons (Fsp3) is 0.589. The molecule has 0 saturated carbocycles. The van der Waals surface area contributed by atoms with Crippen molar-refractivity contribution in [2.45, 2.75) is 208 Å². The zero-order valence-corrected chi connectivity index (χ0v) is 63.2. The third kappa shape index (κ3) is 23.7. The van der Waals surface area contributed by atoms with Gasteiger partial charge in [0.15, 0.2) is 0 Å². The van der Waals surface area contributed by atoms with Crippen molar-refractivity contribution < 1.29 is 77.3 Å². The number of aromatic nitrogens is 2. The van der Waals surface area contributed by atoms with E-state index in [1.54, 1.807) is 74.8 Å². The van der Waals surface area contributed by atoms with E-state index in [9.17, 15) is 77.3 Å². The van der Waals surface area contributed by atoms with Crippen molar-refractivity contribution in [1.82, 2.24) is 83.6 Å². The van der Waals surface area contributed by atoms with E-state index in [0.717, 1.165) is 4.90 Å². The van der Waals surface area contributed by atoms with Gasteiger partial charge in [0.05, 0.1) is 12.7 Å². The number of hydrogen-bond acceptors (Lipinski definition) is 22. The topological polar surface area (TPSA) is 618 Å². The Kier molecular flexibility index (Phi) is 34.0. The van der Waals surface area contributed by atoms with Crippen LogP contribution >= 0.6 is 0 Å². The first-order valence-corrected chi connectivity index (χ1v) is 38.0. The van der Waals surface area contributed by atoms with Crippen LogP contribution in [-0.4, -0.2) is 262 Å². The standard InChI is InChI=1S/C73H112N22O16/c1-5-38(2)58-70(108)88-52(24-30-79)65(103)83-47(17-10-25-74)62(100)85-49(21-27-76)63(101)86-51(23-29-78)66(104)89-53(33-41-35-80-45-15-8-6-13-43(41)45)67(105)87-50(22-28-77)64(102)84-48(20-26-75)61(99)82-39(3)60(98)91-55(37-96)72(110)95-32-12-19-57(95)73(111)94-31-11-18-56(94)69(107)93-59(40(4)97)71(109)90-54(68(106)92-58)34-42-36-81-46-16-9-7-14-44(42)46/h6-9,13-16,35-36,38-40,47-59,80-81,96-97H,5,10-12,17-34,37,74-79H2,1-4H3,(H,82,99)(H,83,103)(H,84,102)(H,85,100)(H,86,101)(H,87,105)(H,88,108)(H,89,104)(H,90,109)(H,91,98)(H,92,106)(H,93,107). The van der Waals surface area contributed by atoms with Crippen LogP contribution in [0.25, 0.3) is 21.8 Å². The molecule has 3 aliphatic heterocycles. The Labute approximate surface area is 642 Å². The maximum Gasteiger partial charge on any atom is 0.248 e. The van der Waals surface area contributed by atoms with Gasteiger partial charge in [0.1, 0.15) is 84.6 Å². The predicted molar refractivity (Wildman–Crippen MR) is 407 cm³/mol. The summed E-state index contributed by atoms with van der Waals surface area (Å²) in [5, 5.41) is 54.6. The fourth-order valence-electron chi connectivity index (χ4n) is 13.8. The van der Waals surface area contributed by atoms with Crippen molar-refractivity contribution in [2.75, 3.05) is 59.0 Å². The minimum atomic E-state index is -1.77. The highest BCUT2D eigenvalue weighted by atomic mass is 16.3. The van der Waals surface area contributed by atoms with Crippen LogP contribution in [0.4, 0.5) is 0 Å². The molecule has 111 heavy (non-hydrogen) atoms. The number of benzene rings is 2. The summed E-state index contributed by atoms with van der Waals surface area (Å²) in [6.07, 6.45) is 1.13. The number of hydrogen-bond donors (Lipinski definition) is 22. The zero-order valence-electron chi connectivity index (χ0n) is 63.2. The summed E-state index contributed by atoms with van der Waals surface area (Å²) in [5.41, 5.74) is 38.4. The van der Waals surface area contributed by atoms with Crippen LogP contribution < -0.4 is 98.2 Å². The van der Waals surface area contributed by atoms with Crippen molar-refractivity contribution in [3.05, 3.63) is 72.1 Å². The predicted octanol–water partition coefficient (Wildman–Crippen LogP) is -6.83. The smallest absolute Gasteiger partial charge is 0.248 e. The molecule has 16 unspecified atom stereocenters. The Bertz CT molecular complexity index is 3910. The van der Waals surface area contributed by atoms with Crippen LogP contribution in [0, 0.1) is 5.92 Å². The Morgan fingerprint density at radius 3 is 1.18 bits per heavy atom. The van der Waals surface area contributed by atoms with E-state index in [-0.39, 0.29) is 136 Å². The first kappa shape index (κ1) is 88.0. The molecule has 28 N–H and O–H groups in total. The number of aliphatic hydroxyl groups excluding tert-OH is 2. The van der Waals surface area contributed by atoms with Crippen LogP contribution in [0.2, 0.25) is 0 Å². The van der Waals surface area contributed by atoms with Gasteiger partial charge in [-0.05, 0) is 153 Å². The summed E-state index contributed by atoms with van der Waals surface area (Å²) in [6.45, 7) is 3.97. The van der Waals surface area contributed by atoms with Gasteiger partial charge in [-0.2, -0.15) is 0 Å². The number of nitrogens with one attached hydrogen (secondary N) is 14. The van der Waals surface area contributed by atoms with Gasteiger partial charge in [0.25, 0.3) is 0 Å². The number of nitrogens with zero attached hydrogens (tertiary/aromatic N) is 2. The lowest BCUT2D eigenvalue weighted by molar-refractivity contribution is -0.148. The molecule has 0 radical (unpaired) electrons. The number of para-hydroxylation sites is 2. The van der Waals surface area contributed by atoms with Gasteiger partial charge in [-0.1, -0.05) is 56.7 Å². The first-order valence-electron chi connectivity index (χ1n) is 38.0. The fourth-order valence-corrected chi connectivity index (χ4v) is 13.8. The second-order valence-electron chi connectivity index (χ2n) is 28.4. The number of carbonyl (C=O) groups excluding carboxylic acids is 14. The monoisotopic (exact) mass is 1550 g/mol. The summed E-state index contributed by atoms with van der Waals surface area (Å²) in [5.74, 6) is -13.4. The van der Waals surface area contributed by atoms with Gasteiger partial charge in [-0.15, -0.1) is 0 Å². The van der Waals surface area contributed by atoms with Gasteiger partial charge in [0.2, 0.25) is 82.7 Å². The largest absolute Gasteiger partial charge is 0.394 e. The number of nitrogens with two attached hydrogens (primary N) is 6. The Balaban J connectivity index is 1.23. The first-order chi connectivity index (χ1) is 53.1. The number of carbonyl (C=O) groups is 14. The minimum Gasteiger partial charge on any atom is -0.394 e. The van der Waals surface area contributed by atoms with Gasteiger partial charge >= 0.3 is 0 Å². The molecule has 3 fully saturated rings. The van der Waals surface area contributed by atoms with Gasteiger partial charge in [0, 0.05) is 60.1 Å². The SMILES string of the molecule is CCC(C)C1NC(=O)C(Cc2c[nH]c3ccccc23)NC(=O)C(C(C)O)NC(=O)C2CCCN2C(=O)C2CCCN2C(=O)C(CO)NC(=O)C(C)NC(=O)C(CCN)NC(=O)C(CCN)NC(=O)C(Cc2c[nH]c3ccccc23)NC(=O)C(CCN)NC(=O)C(CCN)NC(=O)C(CCCN)NC(=O)C(CCN)NC1=O. The highest BCUT2D eigenvalue weighted by Gasteiger charge is 2.46. The summed E-state index contributed by atoms with van der Waals surface area (Å²) in [6, 6.07) is -6.52. The van der Waals surface area contributed by atoms with Gasteiger partial charge in [-0.25, -0.2) is 0 Å². The number of rotatable bonds is 21. The lowest BCUT2D eigenvalue weighted by Crippen LogP contribution is -2.63. The minimum absolute atomic E-state index is 0.0147. The number of H-pyrrole nitrogens is 2. The summed E-state index contributed by atoms with van der Waals surface area (Å²) >= 11 is 0. The Morgan fingerprint density at radius 2 is 0.757 bits per heavy atom. The molecule has 0 spiro atoms. The second-order valence-corrected chi connectivity index (χ2v) is 28.4. The lowest BCUT2D eigenvalue weighted by Gasteiger charge is -2.33. The summed E-state index contributed by atoms with van der Waals surface area (Å²) in [4.78, 5) is 212. The van der Waals surface area contributed by atoms with E-state index in [0.29, 0.717) is 39.4 Å². The highest BCUT2D eigenvalue weighted by molar-refractivity contribution is 6.02. The van der Waals surface area contributed by atoms with E-state index in [1.165, 1.54) is 18.7 Å². The molecule has 4 aromatic rings. The van der Waals surface area contributed by atoms with Crippen molar-refractivity contribution in [2.24, 2.45) is 40.3 Å². The molecule has 38 heteroatoms. The molecule has 0 aliphatic carbocycles. The molecule has 3 saturated heterocycles. The van der Waals surface area contributed by atoms with E-state index >= 15 is 0 Å². The van der Waals surface area contributed by atoms with E-state index in [1.807, 2.05) is 0 Å². The van der Waals surface area contributed by atoms with Crippen LogP contribution in [0.3, 0.4) is 0 Å². The van der Waals surface area contributed by atoms with Crippen molar-refractivity contribution >= 4 is 105 Å². The molecule has 38 nitrogen and oxygen atoms in total. The number of fused-ring (bicyclic) bond motifs is 4. The van der Waals surface area contributed by atoms with E-state index < -0.39 is 186 Å². The molecular formula is C73H112N22O16. The van der Waals surface area contributed by atoms with Crippen molar-refractivity contribution in [3.63, 3.8) is 0 Å². The maximum atomic E-state index is 15.0. The van der Waals surface area contributed by atoms with Crippen LogP contribution in [0.15, 0.2) is 60.9 Å². The average Bonchev–Trinajstić information content (AvgIpc) is 1.69. The number of aromatic amines is 2. The summed E-state index contributed by atoms with van der Waals surface area (Å²) < 4.78 is 0. The molecule has 7 rings (SSSR count). The molecule has 2 aromatic carbocycles. The van der Waals surface area contributed by atoms with Crippen LogP contribution in [0.1, 0.15) is 116 Å². The van der Waals surface area contributed by atoms with E-state index in [2.05, 4.69) is 73.8 Å². The van der Waals surface area contributed by atoms with Crippen LogP contribution in [-0.2, 0) is 80.0 Å². The van der Waals surface area contributed by atoms with Gasteiger partial charge < -0.3 is 128 Å². The normalized spacial score (nSPS) is 27.1. The quantitative estimate of drug-likeness (QED) is 0.0369. The van der Waals surface area contributed by atoms with Crippen LogP contribution in [0.5, 0.6) is 0 Å². The maximum absolute atomic E-state index is 15.0. The number of aliphatic hydroxyl groups is 2. The lowest BCUT2D eigenvalue weighted by atomic mass is 9.96. The second kappa shape index (κ2) is 42.8. The van der Waals surface area contributed by atoms with E-state index in [4.69, 9.17) is 34.4 Å². The zero-order chi connectivity index (χ0) is 81.2. The third-order valence-corrected chi connectivity index (χ3v) is 20.3. The molecular weight excluding hydrogens is 1440 g/mol. The molecule has 610 valence electrons. The Hall–Kier alpha value is -10.2. The average molecular weight is 1550 g/mol. The Morgan fingerprint density at radius 1 is 0.405 bits per heavy atom. The molecule has 0 bridgehead atoms. The number of amides is 14. The molecule has 3 aliphatic rings. The van der Waals surface area contributed by atoms with Crippen molar-refractivity contribution in [3.8, 4) is 0 Å². The van der Waals surface area contributed by atoms with Gasteiger partial charge in [-0.3, -0.25) is 67.1 Å². The summed E-state index contributed by atoms with van der Waals surface area (Å²) in [7, 11) is 0. The molecule has 14 amide bonds. The molecule has 16 atom stereocenters. The highest BCUT2D eigenvalue weighted by Crippen LogP contribution is 2.27.